The van der Waals surface area contributed by atoms with Gasteiger partial charge in [-0.15, -0.1) is 16.4 Å². The summed E-state index contributed by atoms with van der Waals surface area (Å²) >= 11 is 1.27. The standard InChI is InChI=1S/C18H16FN5O3S/c1-10(19)12(4-5-20)17-22-16(14-3-2-6-24(14)23-17)18(27)21-13-9-28-8-11(13)7-15(25)26/h2-4,6,8-9H,1,5,7,20H2,(H,21,27)(H,25,26)/b12-4+. The van der Waals surface area contributed by atoms with Crippen LogP contribution in [-0.4, -0.2) is 38.1 Å². The molecule has 0 saturated carbocycles. The summed E-state index contributed by atoms with van der Waals surface area (Å²) in [5, 5.41) is 19.1. The smallest absolute Gasteiger partial charge is 0.307 e. The minimum atomic E-state index is -1.01. The Morgan fingerprint density at radius 3 is 2.89 bits per heavy atom. The van der Waals surface area contributed by atoms with Gasteiger partial charge >= 0.3 is 5.97 Å². The van der Waals surface area contributed by atoms with Crippen LogP contribution in [0.15, 0.2) is 47.6 Å². The molecule has 0 atom stereocenters. The van der Waals surface area contributed by atoms with E-state index in [0.717, 1.165) is 0 Å². The predicted octanol–water partition coefficient (Wildman–Crippen LogP) is 2.50. The molecule has 0 aliphatic rings. The molecule has 3 rings (SSSR count). The third kappa shape index (κ3) is 3.97. The average molecular weight is 401 g/mol. The van der Waals surface area contributed by atoms with Gasteiger partial charge in [0.1, 0.15) is 5.83 Å². The summed E-state index contributed by atoms with van der Waals surface area (Å²) in [7, 11) is 0. The third-order valence-electron chi connectivity index (χ3n) is 3.79. The molecular formula is C18H16FN5O3S. The zero-order valence-electron chi connectivity index (χ0n) is 14.6. The van der Waals surface area contributed by atoms with E-state index in [1.807, 2.05) is 0 Å². The van der Waals surface area contributed by atoms with E-state index in [2.05, 4.69) is 22.0 Å². The van der Waals surface area contributed by atoms with Gasteiger partial charge < -0.3 is 16.2 Å². The van der Waals surface area contributed by atoms with Gasteiger partial charge in [-0.05, 0) is 23.1 Å². The van der Waals surface area contributed by atoms with Crippen LogP contribution in [-0.2, 0) is 11.2 Å². The molecule has 0 fully saturated rings. The average Bonchev–Trinajstić information content (AvgIpc) is 3.27. The number of carboxylic acids is 1. The second kappa shape index (κ2) is 8.11. The predicted molar refractivity (Wildman–Crippen MR) is 104 cm³/mol. The Kier molecular flexibility index (Phi) is 5.62. The van der Waals surface area contributed by atoms with Crippen LogP contribution in [0.2, 0.25) is 0 Å². The topological polar surface area (TPSA) is 123 Å². The number of nitrogens with one attached hydrogen (secondary N) is 1. The highest BCUT2D eigenvalue weighted by Crippen LogP contribution is 2.24. The number of allylic oxidation sites excluding steroid dienone is 2. The molecule has 3 aromatic heterocycles. The van der Waals surface area contributed by atoms with Crippen molar-refractivity contribution in [1.82, 2.24) is 14.6 Å². The highest BCUT2D eigenvalue weighted by Gasteiger charge is 2.20. The molecule has 8 nitrogen and oxygen atoms in total. The van der Waals surface area contributed by atoms with E-state index in [9.17, 15) is 14.0 Å². The van der Waals surface area contributed by atoms with Crippen LogP contribution in [0.3, 0.4) is 0 Å². The molecule has 0 spiro atoms. The number of nitrogens with zero attached hydrogens (tertiary/aromatic N) is 3. The van der Waals surface area contributed by atoms with Crippen LogP contribution in [0, 0.1) is 0 Å². The number of aliphatic carboxylic acids is 1. The van der Waals surface area contributed by atoms with Crippen molar-refractivity contribution < 1.29 is 19.1 Å². The number of hydrogen-bond acceptors (Lipinski definition) is 6. The van der Waals surface area contributed by atoms with E-state index in [-0.39, 0.29) is 30.1 Å². The maximum Gasteiger partial charge on any atom is 0.307 e. The van der Waals surface area contributed by atoms with Gasteiger partial charge in [0.15, 0.2) is 11.5 Å². The van der Waals surface area contributed by atoms with E-state index in [1.54, 1.807) is 29.1 Å². The fourth-order valence-corrected chi connectivity index (χ4v) is 3.36. The van der Waals surface area contributed by atoms with E-state index >= 15 is 0 Å². The molecule has 3 aromatic rings. The summed E-state index contributed by atoms with van der Waals surface area (Å²) in [5.41, 5.74) is 6.74. The highest BCUT2D eigenvalue weighted by atomic mass is 32.1. The lowest BCUT2D eigenvalue weighted by atomic mass is 10.2. The number of aromatic nitrogens is 3. The molecule has 0 unspecified atom stereocenters. The van der Waals surface area contributed by atoms with Crippen molar-refractivity contribution in [3.63, 3.8) is 0 Å². The number of halogens is 1. The summed E-state index contributed by atoms with van der Waals surface area (Å²) in [4.78, 5) is 28.0. The summed E-state index contributed by atoms with van der Waals surface area (Å²) in [6, 6.07) is 3.31. The van der Waals surface area contributed by atoms with Crippen LogP contribution in [0.4, 0.5) is 10.1 Å². The summed E-state index contributed by atoms with van der Waals surface area (Å²) in [5.74, 6) is -2.40. The molecule has 10 heteroatoms. The maximum absolute atomic E-state index is 13.8. The van der Waals surface area contributed by atoms with Crippen LogP contribution >= 0.6 is 11.3 Å². The van der Waals surface area contributed by atoms with Gasteiger partial charge in [-0.1, -0.05) is 12.7 Å². The molecule has 0 aliphatic carbocycles. The number of carbonyl (C=O) groups excluding carboxylic acids is 1. The Morgan fingerprint density at radius 2 is 2.21 bits per heavy atom. The minimum Gasteiger partial charge on any atom is -0.481 e. The number of hydrogen-bond donors (Lipinski definition) is 3. The Balaban J connectivity index is 2.02. The summed E-state index contributed by atoms with van der Waals surface area (Å²) in [6.45, 7) is 3.30. The zero-order valence-corrected chi connectivity index (χ0v) is 15.4. The number of carbonyl (C=O) groups is 2. The van der Waals surface area contributed by atoms with E-state index in [1.165, 1.54) is 21.9 Å². The molecular weight excluding hydrogens is 385 g/mol. The van der Waals surface area contributed by atoms with Gasteiger partial charge in [0, 0.05) is 18.1 Å². The second-order valence-electron chi connectivity index (χ2n) is 5.72. The van der Waals surface area contributed by atoms with Crippen LogP contribution in [0.5, 0.6) is 0 Å². The number of carboxylic acid groups (broad SMARTS) is 1. The number of rotatable bonds is 7. The maximum atomic E-state index is 13.8. The first-order valence-corrected chi connectivity index (χ1v) is 9.04. The summed E-state index contributed by atoms with van der Waals surface area (Å²) < 4.78 is 15.2. The normalized spacial score (nSPS) is 11.6. The fraction of sp³-hybridized carbons (Fsp3) is 0.111. The molecule has 3 heterocycles. The van der Waals surface area contributed by atoms with E-state index in [0.29, 0.717) is 16.8 Å². The lowest BCUT2D eigenvalue weighted by Gasteiger charge is -2.10. The molecule has 1 amide bonds. The van der Waals surface area contributed by atoms with Gasteiger partial charge in [0.25, 0.3) is 5.91 Å². The minimum absolute atomic E-state index is 0.00532. The monoisotopic (exact) mass is 401 g/mol. The number of amides is 1. The zero-order chi connectivity index (χ0) is 20.3. The van der Waals surface area contributed by atoms with Crippen molar-refractivity contribution in [3.8, 4) is 0 Å². The van der Waals surface area contributed by atoms with Gasteiger partial charge in [-0.3, -0.25) is 9.59 Å². The second-order valence-corrected chi connectivity index (χ2v) is 6.46. The Hall–Kier alpha value is -3.37. The molecule has 28 heavy (non-hydrogen) atoms. The van der Waals surface area contributed by atoms with Crippen LogP contribution in [0.1, 0.15) is 21.9 Å². The number of thiophene rings is 1. The van der Waals surface area contributed by atoms with E-state index in [4.69, 9.17) is 10.8 Å². The van der Waals surface area contributed by atoms with Crippen molar-refractivity contribution in [1.29, 1.82) is 0 Å². The molecule has 0 aromatic carbocycles. The number of nitrogens with two attached hydrogens (primary N) is 1. The van der Waals surface area contributed by atoms with Crippen LogP contribution in [0.25, 0.3) is 11.1 Å². The lowest BCUT2D eigenvalue weighted by Crippen LogP contribution is -2.18. The lowest BCUT2D eigenvalue weighted by molar-refractivity contribution is -0.136. The first-order chi connectivity index (χ1) is 13.4. The van der Waals surface area contributed by atoms with Crippen molar-refractivity contribution in [3.05, 3.63) is 64.7 Å². The van der Waals surface area contributed by atoms with Gasteiger partial charge in [0.05, 0.1) is 23.2 Å². The van der Waals surface area contributed by atoms with Crippen molar-refractivity contribution in [2.45, 2.75) is 6.42 Å². The molecule has 0 saturated heterocycles. The van der Waals surface area contributed by atoms with Crippen molar-refractivity contribution >= 4 is 40.0 Å². The SMILES string of the molecule is C=C(F)/C(=C\CN)c1nc(C(=O)Nc2cscc2CC(=O)O)c2cccn2n1. The van der Waals surface area contributed by atoms with Crippen molar-refractivity contribution in [2.24, 2.45) is 5.73 Å². The first-order valence-electron chi connectivity index (χ1n) is 8.09. The highest BCUT2D eigenvalue weighted by molar-refractivity contribution is 7.08. The van der Waals surface area contributed by atoms with E-state index < -0.39 is 17.7 Å². The quantitative estimate of drug-likeness (QED) is 0.523. The van der Waals surface area contributed by atoms with Crippen molar-refractivity contribution in [2.75, 3.05) is 11.9 Å². The van der Waals surface area contributed by atoms with Crippen LogP contribution < -0.4 is 11.1 Å². The Morgan fingerprint density at radius 1 is 1.43 bits per heavy atom. The largest absolute Gasteiger partial charge is 0.481 e. The Labute approximate surface area is 162 Å². The molecule has 4 N–H and O–H groups in total. The third-order valence-corrected chi connectivity index (χ3v) is 4.59. The Bertz CT molecular complexity index is 1100. The first kappa shape index (κ1) is 19.4. The van der Waals surface area contributed by atoms with Gasteiger partial charge in [-0.2, -0.15) is 0 Å². The number of anilines is 1. The molecule has 0 bridgehead atoms. The van der Waals surface area contributed by atoms with Gasteiger partial charge in [0.2, 0.25) is 0 Å². The fourth-order valence-electron chi connectivity index (χ4n) is 2.57. The molecule has 0 radical (unpaired) electrons. The van der Waals surface area contributed by atoms with Gasteiger partial charge in [-0.25, -0.2) is 13.9 Å². The number of fused-ring (bicyclic) bond motifs is 1. The molecule has 0 aliphatic heterocycles. The molecule has 144 valence electrons. The summed E-state index contributed by atoms with van der Waals surface area (Å²) in [6.07, 6.45) is 2.75.